The zero-order valence-corrected chi connectivity index (χ0v) is 6.02. The van der Waals surface area contributed by atoms with Gasteiger partial charge in [-0.25, -0.2) is 0 Å². The lowest BCUT2D eigenvalue weighted by Gasteiger charge is -2.13. The highest BCUT2D eigenvalue weighted by molar-refractivity contribution is 5.91. The number of aliphatic hydroxyl groups is 3. The summed E-state index contributed by atoms with van der Waals surface area (Å²) in [4.78, 5) is 10.9. The number of ketones is 1. The van der Waals surface area contributed by atoms with Crippen molar-refractivity contribution in [1.82, 2.24) is 0 Å². The van der Waals surface area contributed by atoms with Crippen LogP contribution in [0.2, 0.25) is 0 Å². The van der Waals surface area contributed by atoms with Crippen LogP contribution in [0.25, 0.3) is 0 Å². The van der Waals surface area contributed by atoms with Crippen molar-refractivity contribution in [2.24, 2.45) is 0 Å². The standard InChI is InChI=1S/C6H10O5/c1-6(10)5(9)4(8)3(2-7)11-6/h3-4,7-8,10H,2H2,1H3/t3-,4-,6-/m1/s1. The van der Waals surface area contributed by atoms with Gasteiger partial charge in [-0.2, -0.15) is 0 Å². The number of ether oxygens (including phenoxy) is 1. The summed E-state index contributed by atoms with van der Waals surface area (Å²) in [6.45, 7) is 0.650. The Morgan fingerprint density at radius 3 is 2.45 bits per heavy atom. The Morgan fingerprint density at radius 2 is 2.27 bits per heavy atom. The summed E-state index contributed by atoms with van der Waals surface area (Å²) in [6, 6.07) is 0. The van der Waals surface area contributed by atoms with Crippen LogP contribution in [-0.4, -0.2) is 45.7 Å². The van der Waals surface area contributed by atoms with E-state index in [1.165, 1.54) is 0 Å². The zero-order valence-electron chi connectivity index (χ0n) is 6.02. The second kappa shape index (κ2) is 2.53. The fourth-order valence-electron chi connectivity index (χ4n) is 0.998. The number of carbonyl (C=O) groups excluding carboxylic acids is 1. The minimum absolute atomic E-state index is 0.483. The van der Waals surface area contributed by atoms with Crippen LogP contribution in [0.15, 0.2) is 0 Å². The molecule has 0 spiro atoms. The lowest BCUT2D eigenvalue weighted by Crippen LogP contribution is -2.35. The Hall–Kier alpha value is -0.490. The largest absolute Gasteiger partial charge is 0.394 e. The summed E-state index contributed by atoms with van der Waals surface area (Å²) in [7, 11) is 0. The van der Waals surface area contributed by atoms with Gasteiger partial charge in [0.2, 0.25) is 11.6 Å². The first kappa shape index (κ1) is 8.61. The van der Waals surface area contributed by atoms with Crippen LogP contribution in [0.4, 0.5) is 0 Å². The third-order valence-corrected chi connectivity index (χ3v) is 1.64. The molecule has 3 N–H and O–H groups in total. The monoisotopic (exact) mass is 162 g/mol. The van der Waals surface area contributed by atoms with E-state index in [4.69, 9.17) is 15.3 Å². The molecule has 0 radical (unpaired) electrons. The van der Waals surface area contributed by atoms with Gasteiger partial charge < -0.3 is 20.1 Å². The van der Waals surface area contributed by atoms with Crippen molar-refractivity contribution >= 4 is 5.78 Å². The van der Waals surface area contributed by atoms with E-state index in [1.807, 2.05) is 0 Å². The molecule has 0 aromatic heterocycles. The Balaban J connectivity index is 2.77. The third kappa shape index (κ3) is 1.28. The molecule has 64 valence electrons. The number of Topliss-reactive ketones (excluding diaryl/α,β-unsaturated/α-hetero) is 1. The van der Waals surface area contributed by atoms with Crippen LogP contribution in [0.3, 0.4) is 0 Å². The van der Waals surface area contributed by atoms with Gasteiger partial charge in [-0.1, -0.05) is 0 Å². The van der Waals surface area contributed by atoms with E-state index >= 15 is 0 Å². The third-order valence-electron chi connectivity index (χ3n) is 1.64. The van der Waals surface area contributed by atoms with E-state index < -0.39 is 30.4 Å². The van der Waals surface area contributed by atoms with Crippen LogP contribution < -0.4 is 0 Å². The van der Waals surface area contributed by atoms with Crippen LogP contribution in [0.5, 0.6) is 0 Å². The summed E-state index contributed by atoms with van der Waals surface area (Å²) in [5, 5.41) is 26.6. The van der Waals surface area contributed by atoms with Gasteiger partial charge in [0.1, 0.15) is 12.2 Å². The van der Waals surface area contributed by atoms with Gasteiger partial charge in [-0.05, 0) is 6.92 Å². The Morgan fingerprint density at radius 1 is 1.73 bits per heavy atom. The molecule has 1 saturated heterocycles. The predicted molar refractivity (Wildman–Crippen MR) is 33.6 cm³/mol. The maximum absolute atomic E-state index is 10.9. The normalized spacial score (nSPS) is 44.9. The molecule has 1 rings (SSSR count). The van der Waals surface area contributed by atoms with Crippen molar-refractivity contribution in [2.45, 2.75) is 24.9 Å². The Kier molecular flexibility index (Phi) is 1.98. The van der Waals surface area contributed by atoms with Gasteiger partial charge in [0.15, 0.2) is 0 Å². The van der Waals surface area contributed by atoms with Crippen LogP contribution in [0.1, 0.15) is 6.92 Å². The number of hydrogen-bond donors (Lipinski definition) is 3. The summed E-state index contributed by atoms with van der Waals surface area (Å²) in [6.07, 6.45) is -2.42. The van der Waals surface area contributed by atoms with Crippen LogP contribution in [-0.2, 0) is 9.53 Å². The molecule has 0 aromatic rings. The molecule has 0 aliphatic carbocycles. The van der Waals surface area contributed by atoms with Crippen molar-refractivity contribution in [3.8, 4) is 0 Å². The lowest BCUT2D eigenvalue weighted by atomic mass is 10.1. The Labute approximate surface area is 63.2 Å². The molecule has 0 amide bonds. The number of rotatable bonds is 1. The molecule has 1 heterocycles. The highest BCUT2D eigenvalue weighted by atomic mass is 16.7. The molecule has 11 heavy (non-hydrogen) atoms. The van der Waals surface area contributed by atoms with E-state index in [2.05, 4.69) is 4.74 Å². The molecule has 1 aliphatic heterocycles. The number of aliphatic hydroxyl groups excluding tert-OH is 2. The van der Waals surface area contributed by atoms with E-state index in [0.717, 1.165) is 6.92 Å². The minimum Gasteiger partial charge on any atom is -0.394 e. The van der Waals surface area contributed by atoms with Gasteiger partial charge in [-0.3, -0.25) is 4.79 Å². The van der Waals surface area contributed by atoms with E-state index in [9.17, 15) is 4.79 Å². The topological polar surface area (TPSA) is 87.0 Å². The first-order valence-corrected chi connectivity index (χ1v) is 3.22. The molecular weight excluding hydrogens is 152 g/mol. The van der Waals surface area contributed by atoms with E-state index in [1.54, 1.807) is 0 Å². The van der Waals surface area contributed by atoms with Gasteiger partial charge >= 0.3 is 0 Å². The van der Waals surface area contributed by atoms with Crippen LogP contribution in [0, 0.1) is 0 Å². The molecule has 5 heteroatoms. The zero-order chi connectivity index (χ0) is 8.65. The van der Waals surface area contributed by atoms with Crippen molar-refractivity contribution in [3.63, 3.8) is 0 Å². The average Bonchev–Trinajstić information content (AvgIpc) is 2.13. The lowest BCUT2D eigenvalue weighted by molar-refractivity contribution is -0.189. The molecule has 0 bridgehead atoms. The molecule has 5 nitrogen and oxygen atoms in total. The highest BCUT2D eigenvalue weighted by Crippen LogP contribution is 2.23. The minimum atomic E-state index is -1.95. The van der Waals surface area contributed by atoms with Crippen molar-refractivity contribution < 1.29 is 24.9 Å². The summed E-state index contributed by atoms with van der Waals surface area (Å²) < 4.78 is 4.63. The van der Waals surface area contributed by atoms with Gasteiger partial charge in [0, 0.05) is 0 Å². The summed E-state index contributed by atoms with van der Waals surface area (Å²) in [5.41, 5.74) is 0. The molecule has 0 unspecified atom stereocenters. The Bertz CT molecular complexity index is 176. The fraction of sp³-hybridized carbons (Fsp3) is 0.833. The van der Waals surface area contributed by atoms with Crippen molar-refractivity contribution in [2.75, 3.05) is 6.61 Å². The smallest absolute Gasteiger partial charge is 0.226 e. The molecule has 1 aliphatic rings. The molecule has 0 saturated carbocycles. The van der Waals surface area contributed by atoms with Crippen LogP contribution >= 0.6 is 0 Å². The van der Waals surface area contributed by atoms with Gasteiger partial charge in [0.25, 0.3) is 0 Å². The van der Waals surface area contributed by atoms with Crippen molar-refractivity contribution in [3.05, 3.63) is 0 Å². The number of hydrogen-bond acceptors (Lipinski definition) is 5. The second-order valence-electron chi connectivity index (χ2n) is 2.63. The molecule has 3 atom stereocenters. The van der Waals surface area contributed by atoms with E-state index in [0.29, 0.717) is 0 Å². The molecular formula is C6H10O5. The van der Waals surface area contributed by atoms with Gasteiger partial charge in [-0.15, -0.1) is 0 Å². The molecule has 0 aromatic carbocycles. The van der Waals surface area contributed by atoms with Gasteiger partial charge in [0.05, 0.1) is 6.61 Å². The SMILES string of the molecule is C[C@@]1(O)O[C@H](CO)[C@@H](O)C1=O. The quantitative estimate of drug-likeness (QED) is 0.415. The van der Waals surface area contributed by atoms with E-state index in [-0.39, 0.29) is 0 Å². The maximum atomic E-state index is 10.9. The first-order valence-electron chi connectivity index (χ1n) is 3.22. The number of carbonyl (C=O) groups is 1. The average molecular weight is 162 g/mol. The summed E-state index contributed by atoms with van der Waals surface area (Å²) in [5.74, 6) is -2.76. The highest BCUT2D eigenvalue weighted by Gasteiger charge is 2.49. The predicted octanol–water partition coefficient (Wildman–Crippen LogP) is -1.98. The fourth-order valence-corrected chi connectivity index (χ4v) is 0.998. The first-order chi connectivity index (χ1) is 4.99. The molecule has 1 fully saturated rings. The second-order valence-corrected chi connectivity index (χ2v) is 2.63. The summed E-state index contributed by atoms with van der Waals surface area (Å²) >= 11 is 0. The maximum Gasteiger partial charge on any atom is 0.226 e. The van der Waals surface area contributed by atoms with Crippen molar-refractivity contribution in [1.29, 1.82) is 0 Å².